The number of rotatable bonds is 5. The van der Waals surface area contributed by atoms with Crippen LogP contribution < -0.4 is 11.1 Å². The number of carbonyl (C=O) groups excluding carboxylic acids is 1. The van der Waals surface area contributed by atoms with Crippen molar-refractivity contribution >= 4 is 15.7 Å². The molecule has 0 aliphatic heterocycles. The Morgan fingerprint density at radius 3 is 2.53 bits per heavy atom. The van der Waals surface area contributed by atoms with Crippen LogP contribution in [0, 0.1) is 11.8 Å². The highest BCUT2D eigenvalue weighted by Crippen LogP contribution is 2.28. The smallest absolute Gasteiger partial charge is 0.237 e. The van der Waals surface area contributed by atoms with Gasteiger partial charge in [-0.3, -0.25) is 4.79 Å². The van der Waals surface area contributed by atoms with Gasteiger partial charge in [0, 0.05) is 12.3 Å². The lowest BCUT2D eigenvalue weighted by atomic mass is 9.80. The largest absolute Gasteiger partial charge is 0.352 e. The quantitative estimate of drug-likeness (QED) is 0.779. The van der Waals surface area contributed by atoms with E-state index >= 15 is 0 Å². The standard InChI is InChI=1S/C13H26N2O3S/c1-9-4-5-12(10(2)8-9)15-13(16)11(14)6-7-19(3,17)18/h9-12H,4-8,14H2,1-3H3,(H,15,16). The second kappa shape index (κ2) is 6.70. The predicted molar refractivity (Wildman–Crippen MR) is 76.4 cm³/mol. The zero-order chi connectivity index (χ0) is 14.6. The van der Waals surface area contributed by atoms with E-state index in [1.54, 1.807) is 0 Å². The molecule has 0 heterocycles. The highest BCUT2D eigenvalue weighted by molar-refractivity contribution is 7.90. The van der Waals surface area contributed by atoms with Crippen LogP contribution in [-0.2, 0) is 14.6 Å². The molecule has 4 unspecified atom stereocenters. The van der Waals surface area contributed by atoms with Crippen LogP contribution >= 0.6 is 0 Å². The number of nitrogens with two attached hydrogens (primary N) is 1. The maximum absolute atomic E-state index is 11.9. The van der Waals surface area contributed by atoms with Crippen LogP contribution in [0.2, 0.25) is 0 Å². The summed E-state index contributed by atoms with van der Waals surface area (Å²) in [5, 5.41) is 2.97. The molecule has 5 nitrogen and oxygen atoms in total. The summed E-state index contributed by atoms with van der Waals surface area (Å²) in [7, 11) is -3.06. The van der Waals surface area contributed by atoms with Crippen molar-refractivity contribution in [3.63, 3.8) is 0 Å². The van der Waals surface area contributed by atoms with Gasteiger partial charge in [0.1, 0.15) is 9.84 Å². The van der Waals surface area contributed by atoms with Crippen molar-refractivity contribution in [2.24, 2.45) is 17.6 Å². The molecule has 4 atom stereocenters. The highest BCUT2D eigenvalue weighted by Gasteiger charge is 2.28. The van der Waals surface area contributed by atoms with Gasteiger partial charge in [0.25, 0.3) is 0 Å². The Hall–Kier alpha value is -0.620. The normalized spacial score (nSPS) is 29.8. The lowest BCUT2D eigenvalue weighted by Crippen LogP contribution is -2.49. The van der Waals surface area contributed by atoms with Crippen molar-refractivity contribution in [2.45, 2.75) is 51.6 Å². The maximum Gasteiger partial charge on any atom is 0.237 e. The van der Waals surface area contributed by atoms with Gasteiger partial charge in [-0.05, 0) is 37.5 Å². The molecule has 112 valence electrons. The lowest BCUT2D eigenvalue weighted by Gasteiger charge is -2.33. The molecular weight excluding hydrogens is 264 g/mol. The number of sulfone groups is 1. The van der Waals surface area contributed by atoms with Gasteiger partial charge < -0.3 is 11.1 Å². The van der Waals surface area contributed by atoms with Gasteiger partial charge >= 0.3 is 0 Å². The van der Waals surface area contributed by atoms with Crippen molar-refractivity contribution in [3.05, 3.63) is 0 Å². The zero-order valence-electron chi connectivity index (χ0n) is 12.1. The summed E-state index contributed by atoms with van der Waals surface area (Å²) in [6, 6.07) is -0.561. The molecule has 0 spiro atoms. The van der Waals surface area contributed by atoms with Crippen LogP contribution in [-0.4, -0.2) is 38.4 Å². The Labute approximate surface area is 116 Å². The first-order chi connectivity index (χ1) is 8.69. The molecule has 6 heteroatoms. The second-order valence-electron chi connectivity index (χ2n) is 6.04. The summed E-state index contributed by atoms with van der Waals surface area (Å²) >= 11 is 0. The van der Waals surface area contributed by atoms with Crippen LogP contribution in [0.5, 0.6) is 0 Å². The number of hydrogen-bond donors (Lipinski definition) is 2. The van der Waals surface area contributed by atoms with Crippen molar-refractivity contribution < 1.29 is 13.2 Å². The minimum Gasteiger partial charge on any atom is -0.352 e. The van der Waals surface area contributed by atoms with E-state index in [1.807, 2.05) is 0 Å². The van der Waals surface area contributed by atoms with Crippen molar-refractivity contribution in [1.82, 2.24) is 5.32 Å². The fourth-order valence-corrected chi connectivity index (χ4v) is 3.32. The molecule has 19 heavy (non-hydrogen) atoms. The third-order valence-electron chi connectivity index (χ3n) is 3.90. The van der Waals surface area contributed by atoms with Crippen molar-refractivity contribution in [3.8, 4) is 0 Å². The summed E-state index contributed by atoms with van der Waals surface area (Å²) in [6.07, 6.45) is 4.55. The highest BCUT2D eigenvalue weighted by atomic mass is 32.2. The van der Waals surface area contributed by atoms with E-state index < -0.39 is 15.9 Å². The molecule has 0 aromatic heterocycles. The SMILES string of the molecule is CC1CCC(NC(=O)C(N)CCS(C)(=O)=O)C(C)C1. The lowest BCUT2D eigenvalue weighted by molar-refractivity contribution is -0.123. The number of carbonyl (C=O) groups is 1. The third kappa shape index (κ3) is 5.91. The Morgan fingerprint density at radius 2 is 2.00 bits per heavy atom. The summed E-state index contributed by atoms with van der Waals surface area (Å²) in [5.41, 5.74) is 5.74. The monoisotopic (exact) mass is 290 g/mol. The molecule has 1 rings (SSSR count). The summed E-state index contributed by atoms with van der Waals surface area (Å²) in [4.78, 5) is 11.9. The minimum absolute atomic E-state index is 0.0428. The van der Waals surface area contributed by atoms with Gasteiger partial charge in [-0.1, -0.05) is 13.8 Å². The van der Waals surface area contributed by atoms with Gasteiger partial charge in [0.05, 0.1) is 11.8 Å². The predicted octanol–water partition coefficient (Wildman–Crippen LogP) is 0.689. The van der Waals surface area contributed by atoms with Crippen LogP contribution in [0.4, 0.5) is 0 Å². The number of hydrogen-bond acceptors (Lipinski definition) is 4. The Balaban J connectivity index is 2.41. The number of amides is 1. The first-order valence-electron chi connectivity index (χ1n) is 6.92. The van der Waals surface area contributed by atoms with Gasteiger partial charge in [0.2, 0.25) is 5.91 Å². The van der Waals surface area contributed by atoms with Crippen molar-refractivity contribution in [1.29, 1.82) is 0 Å². The van der Waals surface area contributed by atoms with E-state index in [4.69, 9.17) is 5.73 Å². The molecule has 1 aliphatic carbocycles. The van der Waals surface area contributed by atoms with E-state index in [9.17, 15) is 13.2 Å². The Morgan fingerprint density at radius 1 is 1.37 bits per heavy atom. The summed E-state index contributed by atoms with van der Waals surface area (Å²) < 4.78 is 22.1. The van der Waals surface area contributed by atoms with Crippen LogP contribution in [0.15, 0.2) is 0 Å². The van der Waals surface area contributed by atoms with E-state index in [1.165, 1.54) is 0 Å². The molecule has 1 aliphatic rings. The van der Waals surface area contributed by atoms with Crippen LogP contribution in [0.3, 0.4) is 0 Å². The zero-order valence-corrected chi connectivity index (χ0v) is 12.9. The molecule has 1 saturated carbocycles. The van der Waals surface area contributed by atoms with Gasteiger partial charge in [-0.2, -0.15) is 0 Å². The average Bonchev–Trinajstić information content (AvgIpc) is 2.28. The van der Waals surface area contributed by atoms with Crippen LogP contribution in [0.25, 0.3) is 0 Å². The molecule has 3 N–H and O–H groups in total. The average molecular weight is 290 g/mol. The third-order valence-corrected chi connectivity index (χ3v) is 4.87. The van der Waals surface area contributed by atoms with Gasteiger partial charge in [-0.25, -0.2) is 8.42 Å². The fraction of sp³-hybridized carbons (Fsp3) is 0.923. The maximum atomic E-state index is 11.9. The number of nitrogens with one attached hydrogen (secondary N) is 1. The van der Waals surface area contributed by atoms with E-state index in [0.29, 0.717) is 11.8 Å². The van der Waals surface area contributed by atoms with E-state index in [0.717, 1.165) is 25.5 Å². The molecule has 0 bridgehead atoms. The fourth-order valence-electron chi connectivity index (χ4n) is 2.64. The summed E-state index contributed by atoms with van der Waals surface area (Å²) in [5.74, 6) is 0.894. The molecule has 0 radical (unpaired) electrons. The first kappa shape index (κ1) is 16.4. The molecule has 1 fully saturated rings. The molecule has 0 aromatic carbocycles. The topological polar surface area (TPSA) is 89.3 Å². The molecule has 0 saturated heterocycles. The van der Waals surface area contributed by atoms with E-state index in [-0.39, 0.29) is 24.1 Å². The Bertz CT molecular complexity index is 408. The van der Waals surface area contributed by atoms with Crippen molar-refractivity contribution in [2.75, 3.05) is 12.0 Å². The molecule has 0 aromatic rings. The first-order valence-corrected chi connectivity index (χ1v) is 8.98. The Kier molecular flexibility index (Phi) is 5.80. The minimum atomic E-state index is -3.06. The van der Waals surface area contributed by atoms with E-state index in [2.05, 4.69) is 19.2 Å². The summed E-state index contributed by atoms with van der Waals surface area (Å²) in [6.45, 7) is 4.37. The van der Waals surface area contributed by atoms with Gasteiger partial charge in [0.15, 0.2) is 0 Å². The van der Waals surface area contributed by atoms with Gasteiger partial charge in [-0.15, -0.1) is 0 Å². The molecule has 1 amide bonds. The second-order valence-corrected chi connectivity index (χ2v) is 8.30. The molecular formula is C13H26N2O3S. The van der Waals surface area contributed by atoms with Crippen LogP contribution in [0.1, 0.15) is 39.5 Å².